The van der Waals surface area contributed by atoms with Gasteiger partial charge in [0.15, 0.2) is 0 Å². The predicted octanol–water partition coefficient (Wildman–Crippen LogP) is 3.58. The minimum Gasteiger partial charge on any atom is -0.490 e. The minimum absolute atomic E-state index is 0.338. The number of rotatable bonds is 5. The number of thioether (sulfide) groups is 1. The van der Waals surface area contributed by atoms with Gasteiger partial charge in [-0.1, -0.05) is 18.2 Å². The smallest absolute Gasteiger partial charge is 0.145 e. The molecule has 0 aliphatic heterocycles. The van der Waals surface area contributed by atoms with Gasteiger partial charge in [-0.2, -0.15) is 0 Å². The Labute approximate surface area is 110 Å². The number of anilines is 1. The third-order valence-electron chi connectivity index (χ3n) is 2.33. The lowest BCUT2D eigenvalue weighted by Gasteiger charge is -2.08. The van der Waals surface area contributed by atoms with Crippen molar-refractivity contribution in [3.63, 3.8) is 0 Å². The summed E-state index contributed by atoms with van der Waals surface area (Å²) in [7, 11) is 0. The van der Waals surface area contributed by atoms with Crippen molar-refractivity contribution in [2.45, 2.75) is 4.90 Å². The van der Waals surface area contributed by atoms with Gasteiger partial charge in [0, 0.05) is 16.7 Å². The molecule has 18 heavy (non-hydrogen) atoms. The zero-order chi connectivity index (χ0) is 12.8. The second kappa shape index (κ2) is 6.31. The van der Waals surface area contributed by atoms with Crippen molar-refractivity contribution in [1.29, 1.82) is 0 Å². The van der Waals surface area contributed by atoms with Crippen LogP contribution < -0.4 is 10.5 Å². The third kappa shape index (κ3) is 3.67. The lowest BCUT2D eigenvalue weighted by molar-refractivity contribution is 0.344. The zero-order valence-corrected chi connectivity index (χ0v) is 10.6. The van der Waals surface area contributed by atoms with Gasteiger partial charge in [-0.25, -0.2) is 4.39 Å². The lowest BCUT2D eigenvalue weighted by atomic mass is 10.3. The molecule has 0 radical (unpaired) electrons. The van der Waals surface area contributed by atoms with Gasteiger partial charge < -0.3 is 10.5 Å². The molecule has 2 N–H and O–H groups in total. The molecule has 0 atom stereocenters. The molecule has 4 heteroatoms. The number of hydrogen-bond donors (Lipinski definition) is 1. The van der Waals surface area contributed by atoms with E-state index in [-0.39, 0.29) is 5.82 Å². The Morgan fingerprint density at radius 3 is 2.67 bits per heavy atom. The number of ether oxygens (including phenoxy) is 1. The highest BCUT2D eigenvalue weighted by Crippen LogP contribution is 2.23. The maximum atomic E-state index is 13.0. The Hall–Kier alpha value is -1.68. The summed E-state index contributed by atoms with van der Waals surface area (Å²) in [6.07, 6.45) is 0. The van der Waals surface area contributed by atoms with E-state index in [0.29, 0.717) is 18.0 Å². The molecule has 0 aromatic heterocycles. The van der Waals surface area contributed by atoms with Gasteiger partial charge >= 0.3 is 0 Å². The number of nitrogens with two attached hydrogens (primary N) is 1. The van der Waals surface area contributed by atoms with Crippen LogP contribution in [0.15, 0.2) is 53.4 Å². The zero-order valence-electron chi connectivity index (χ0n) is 9.80. The van der Waals surface area contributed by atoms with Crippen molar-refractivity contribution < 1.29 is 9.13 Å². The van der Waals surface area contributed by atoms with Crippen LogP contribution in [-0.2, 0) is 0 Å². The van der Waals surface area contributed by atoms with Crippen LogP contribution in [0.5, 0.6) is 5.75 Å². The summed E-state index contributed by atoms with van der Waals surface area (Å²) in [5, 5.41) is 0. The molecule has 2 aromatic rings. The first-order chi connectivity index (χ1) is 8.75. The molecule has 0 aliphatic rings. The van der Waals surface area contributed by atoms with Gasteiger partial charge in [0.1, 0.15) is 11.6 Å². The Kier molecular flexibility index (Phi) is 4.47. The van der Waals surface area contributed by atoms with Crippen LogP contribution in [0.3, 0.4) is 0 Å². The first-order valence-electron chi connectivity index (χ1n) is 5.61. The molecule has 2 rings (SSSR count). The molecule has 94 valence electrons. The molecule has 0 fully saturated rings. The average Bonchev–Trinajstić information content (AvgIpc) is 2.40. The van der Waals surface area contributed by atoms with Crippen LogP contribution in [0.1, 0.15) is 0 Å². The van der Waals surface area contributed by atoms with Crippen molar-refractivity contribution in [2.75, 3.05) is 18.1 Å². The van der Waals surface area contributed by atoms with E-state index >= 15 is 0 Å². The largest absolute Gasteiger partial charge is 0.490 e. The molecular weight excluding hydrogens is 249 g/mol. The van der Waals surface area contributed by atoms with Crippen LogP contribution in [0.2, 0.25) is 0 Å². The molecule has 0 heterocycles. The Morgan fingerprint density at radius 1 is 1.11 bits per heavy atom. The molecule has 0 aliphatic carbocycles. The molecule has 0 unspecified atom stereocenters. The summed E-state index contributed by atoms with van der Waals surface area (Å²) in [6, 6.07) is 14.2. The summed E-state index contributed by atoms with van der Waals surface area (Å²) in [5.41, 5.74) is 6.14. The molecule has 0 bridgehead atoms. The van der Waals surface area contributed by atoms with E-state index in [1.807, 2.05) is 30.3 Å². The first-order valence-corrected chi connectivity index (χ1v) is 6.60. The number of benzene rings is 2. The second-order valence-electron chi connectivity index (χ2n) is 3.69. The summed E-state index contributed by atoms with van der Waals surface area (Å²) in [5.74, 6) is 0.860. The third-order valence-corrected chi connectivity index (χ3v) is 3.30. The van der Waals surface area contributed by atoms with Crippen molar-refractivity contribution >= 4 is 17.4 Å². The van der Waals surface area contributed by atoms with Gasteiger partial charge in [0.2, 0.25) is 0 Å². The molecule has 0 spiro atoms. The SMILES string of the molecule is Nc1ccc(F)cc1OCCSc1ccccc1. The first kappa shape index (κ1) is 12.8. The summed E-state index contributed by atoms with van der Waals surface area (Å²) >= 11 is 1.69. The topological polar surface area (TPSA) is 35.2 Å². The van der Waals surface area contributed by atoms with E-state index in [0.717, 1.165) is 5.75 Å². The van der Waals surface area contributed by atoms with Gasteiger partial charge in [0.25, 0.3) is 0 Å². The number of halogens is 1. The highest BCUT2D eigenvalue weighted by molar-refractivity contribution is 7.99. The Morgan fingerprint density at radius 2 is 1.89 bits per heavy atom. The van der Waals surface area contributed by atoms with Crippen LogP contribution in [0.4, 0.5) is 10.1 Å². The van der Waals surface area contributed by atoms with Crippen molar-refractivity contribution in [3.05, 3.63) is 54.3 Å². The molecular formula is C14H14FNOS. The Bertz CT molecular complexity index is 504. The molecule has 0 saturated heterocycles. The van der Waals surface area contributed by atoms with Gasteiger partial charge in [0.05, 0.1) is 12.3 Å². The molecule has 0 amide bonds. The molecule has 2 nitrogen and oxygen atoms in total. The highest BCUT2D eigenvalue weighted by atomic mass is 32.2. The summed E-state index contributed by atoms with van der Waals surface area (Å²) in [6.45, 7) is 0.493. The van der Waals surface area contributed by atoms with Crippen molar-refractivity contribution in [2.24, 2.45) is 0 Å². The predicted molar refractivity (Wildman–Crippen MR) is 73.5 cm³/mol. The maximum Gasteiger partial charge on any atom is 0.145 e. The van der Waals surface area contributed by atoms with Crippen LogP contribution in [0.25, 0.3) is 0 Å². The van der Waals surface area contributed by atoms with E-state index in [4.69, 9.17) is 10.5 Å². The Balaban J connectivity index is 1.80. The molecule has 0 saturated carbocycles. The van der Waals surface area contributed by atoms with E-state index in [9.17, 15) is 4.39 Å². The van der Waals surface area contributed by atoms with E-state index in [1.165, 1.54) is 23.1 Å². The van der Waals surface area contributed by atoms with E-state index in [2.05, 4.69) is 0 Å². The maximum absolute atomic E-state index is 13.0. The monoisotopic (exact) mass is 263 g/mol. The average molecular weight is 263 g/mol. The fraction of sp³-hybridized carbons (Fsp3) is 0.143. The standard InChI is InChI=1S/C14H14FNOS/c15-11-6-7-13(16)14(10-11)17-8-9-18-12-4-2-1-3-5-12/h1-7,10H,8-9,16H2. The van der Waals surface area contributed by atoms with Gasteiger partial charge in [-0.15, -0.1) is 11.8 Å². The van der Waals surface area contributed by atoms with Crippen LogP contribution >= 0.6 is 11.8 Å². The summed E-state index contributed by atoms with van der Waals surface area (Å²) < 4.78 is 18.4. The summed E-state index contributed by atoms with van der Waals surface area (Å²) in [4.78, 5) is 1.19. The molecule has 2 aromatic carbocycles. The quantitative estimate of drug-likeness (QED) is 0.509. The van der Waals surface area contributed by atoms with E-state index in [1.54, 1.807) is 11.8 Å². The van der Waals surface area contributed by atoms with Gasteiger partial charge in [-0.05, 0) is 24.3 Å². The van der Waals surface area contributed by atoms with Crippen molar-refractivity contribution in [1.82, 2.24) is 0 Å². The van der Waals surface area contributed by atoms with Crippen LogP contribution in [-0.4, -0.2) is 12.4 Å². The van der Waals surface area contributed by atoms with Gasteiger partial charge in [-0.3, -0.25) is 0 Å². The second-order valence-corrected chi connectivity index (χ2v) is 4.86. The lowest BCUT2D eigenvalue weighted by Crippen LogP contribution is -2.02. The normalized spacial score (nSPS) is 10.3. The fourth-order valence-corrected chi connectivity index (χ4v) is 2.21. The number of hydrogen-bond acceptors (Lipinski definition) is 3. The number of nitrogen functional groups attached to an aromatic ring is 1. The van der Waals surface area contributed by atoms with Crippen LogP contribution in [0, 0.1) is 5.82 Å². The fourth-order valence-electron chi connectivity index (χ4n) is 1.46. The highest BCUT2D eigenvalue weighted by Gasteiger charge is 2.02. The minimum atomic E-state index is -0.338. The van der Waals surface area contributed by atoms with Crippen molar-refractivity contribution in [3.8, 4) is 5.75 Å². The van der Waals surface area contributed by atoms with E-state index < -0.39 is 0 Å².